The highest BCUT2D eigenvalue weighted by molar-refractivity contribution is 5.82. The van der Waals surface area contributed by atoms with Gasteiger partial charge in [0.15, 0.2) is 0 Å². The number of piperazine rings is 1. The first-order valence-corrected chi connectivity index (χ1v) is 8.64. The number of likely N-dealkylation sites (N-methyl/N-ethyl adjacent to an activating group) is 1. The van der Waals surface area contributed by atoms with Gasteiger partial charge in [-0.15, -0.1) is 0 Å². The average molecular weight is 318 g/mol. The van der Waals surface area contributed by atoms with Crippen molar-refractivity contribution in [2.75, 3.05) is 45.8 Å². The Balaban J connectivity index is 1.64. The lowest BCUT2D eigenvalue weighted by Gasteiger charge is -2.34. The smallest absolute Gasteiger partial charge is 0.241 e. The number of carbonyl (C=O) groups excluding carboxylic acids is 1. The van der Waals surface area contributed by atoms with Gasteiger partial charge < -0.3 is 20.9 Å². The van der Waals surface area contributed by atoms with Gasteiger partial charge in [0.05, 0.1) is 0 Å². The van der Waals surface area contributed by atoms with Gasteiger partial charge in [-0.05, 0) is 32.0 Å². The number of nitrogens with one attached hydrogen (secondary N) is 1. The number of amides is 1. The summed E-state index contributed by atoms with van der Waals surface area (Å²) < 4.78 is 0. The maximum absolute atomic E-state index is 12.1. The maximum Gasteiger partial charge on any atom is 0.241 e. The lowest BCUT2D eigenvalue weighted by atomic mass is 10.1. The third-order valence-electron chi connectivity index (χ3n) is 4.58. The van der Waals surface area contributed by atoms with Crippen molar-refractivity contribution in [3.8, 4) is 0 Å². The molecule has 1 aliphatic heterocycles. The Morgan fingerprint density at radius 3 is 2.39 bits per heavy atom. The number of aryl methyl sites for hydroxylation is 1. The lowest BCUT2D eigenvalue weighted by Crippen LogP contribution is -2.46. The van der Waals surface area contributed by atoms with Gasteiger partial charge in [-0.1, -0.05) is 36.8 Å². The Bertz CT molecular complexity index is 480. The van der Waals surface area contributed by atoms with Crippen molar-refractivity contribution in [3.05, 3.63) is 35.4 Å². The number of rotatable bonds is 7. The Kier molecular flexibility index (Phi) is 7.02. The molecule has 1 amide bonds. The van der Waals surface area contributed by atoms with Crippen molar-refractivity contribution < 1.29 is 4.79 Å². The largest absolute Gasteiger partial charge is 0.354 e. The number of benzene rings is 1. The summed E-state index contributed by atoms with van der Waals surface area (Å²) in [6.45, 7) is 11.7. The van der Waals surface area contributed by atoms with Crippen LogP contribution in [0.3, 0.4) is 0 Å². The number of hydrogen-bond donors (Lipinski definition) is 2. The summed E-state index contributed by atoms with van der Waals surface area (Å²) >= 11 is 0. The number of nitrogens with two attached hydrogens (primary N) is 1. The first-order valence-electron chi connectivity index (χ1n) is 8.64. The van der Waals surface area contributed by atoms with E-state index in [1.807, 2.05) is 31.2 Å². The van der Waals surface area contributed by atoms with Crippen LogP contribution in [0.1, 0.15) is 30.5 Å². The second-order valence-electron chi connectivity index (χ2n) is 6.31. The zero-order valence-electron chi connectivity index (χ0n) is 14.4. The molecule has 23 heavy (non-hydrogen) atoms. The fourth-order valence-corrected chi connectivity index (χ4v) is 2.88. The van der Waals surface area contributed by atoms with Crippen LogP contribution in [-0.2, 0) is 4.79 Å². The van der Waals surface area contributed by atoms with Crippen LogP contribution >= 0.6 is 0 Å². The van der Waals surface area contributed by atoms with Crippen molar-refractivity contribution in [3.63, 3.8) is 0 Å². The van der Waals surface area contributed by atoms with Crippen LogP contribution in [0.5, 0.6) is 0 Å². The quantitative estimate of drug-likeness (QED) is 0.740. The minimum absolute atomic E-state index is 0.0929. The fraction of sp³-hybridized carbons (Fsp3) is 0.611. The average Bonchev–Trinajstić information content (AvgIpc) is 2.59. The highest BCUT2D eigenvalue weighted by Gasteiger charge is 2.16. The lowest BCUT2D eigenvalue weighted by molar-refractivity contribution is -0.122. The van der Waals surface area contributed by atoms with E-state index in [2.05, 4.69) is 22.0 Å². The molecule has 0 aliphatic carbocycles. The van der Waals surface area contributed by atoms with Crippen LogP contribution < -0.4 is 11.1 Å². The molecular weight excluding hydrogens is 288 g/mol. The standard InChI is InChI=1S/C18H30N4O/c1-3-21-11-13-22(14-12-21)10-4-9-20-18(23)17(19)16-7-5-15(2)6-8-16/h5-8,17H,3-4,9-14,19H2,1-2H3,(H,20,23). The van der Waals surface area contributed by atoms with Gasteiger partial charge in [0, 0.05) is 32.7 Å². The van der Waals surface area contributed by atoms with E-state index in [0.717, 1.165) is 51.3 Å². The van der Waals surface area contributed by atoms with Gasteiger partial charge in [-0.3, -0.25) is 4.79 Å². The molecule has 1 saturated heterocycles. The van der Waals surface area contributed by atoms with E-state index in [4.69, 9.17) is 5.73 Å². The van der Waals surface area contributed by atoms with Crippen LogP contribution in [0.25, 0.3) is 0 Å². The molecule has 3 N–H and O–H groups in total. The monoisotopic (exact) mass is 318 g/mol. The van der Waals surface area contributed by atoms with Gasteiger partial charge >= 0.3 is 0 Å². The number of carbonyl (C=O) groups is 1. The van der Waals surface area contributed by atoms with Crippen molar-refractivity contribution in [1.82, 2.24) is 15.1 Å². The first kappa shape index (κ1) is 17.9. The summed E-state index contributed by atoms with van der Waals surface area (Å²) in [5, 5.41) is 2.95. The minimum atomic E-state index is -0.580. The van der Waals surface area contributed by atoms with Crippen molar-refractivity contribution >= 4 is 5.91 Å². The Hall–Kier alpha value is -1.43. The van der Waals surface area contributed by atoms with Crippen molar-refractivity contribution in [2.45, 2.75) is 26.3 Å². The summed E-state index contributed by atoms with van der Waals surface area (Å²) in [5.41, 5.74) is 8.05. The van der Waals surface area contributed by atoms with Crippen LogP contribution in [0.4, 0.5) is 0 Å². The van der Waals surface area contributed by atoms with Gasteiger partial charge in [0.25, 0.3) is 0 Å². The number of nitrogens with zero attached hydrogens (tertiary/aromatic N) is 2. The predicted molar refractivity (Wildman–Crippen MR) is 94.3 cm³/mol. The SMILES string of the molecule is CCN1CCN(CCCNC(=O)C(N)c2ccc(C)cc2)CC1. The van der Waals surface area contributed by atoms with E-state index in [1.165, 1.54) is 5.56 Å². The highest BCUT2D eigenvalue weighted by atomic mass is 16.2. The predicted octanol–water partition coefficient (Wildman–Crippen LogP) is 1.14. The molecule has 2 rings (SSSR count). The second-order valence-corrected chi connectivity index (χ2v) is 6.31. The van der Waals surface area contributed by atoms with Crippen LogP contribution in [0, 0.1) is 6.92 Å². The molecule has 0 radical (unpaired) electrons. The summed E-state index contributed by atoms with van der Waals surface area (Å²) in [6.07, 6.45) is 0.971. The Morgan fingerprint density at radius 1 is 1.17 bits per heavy atom. The molecule has 0 bridgehead atoms. The van der Waals surface area contributed by atoms with Crippen molar-refractivity contribution in [2.24, 2.45) is 5.73 Å². The molecule has 0 saturated carbocycles. The molecule has 1 atom stereocenters. The fourth-order valence-electron chi connectivity index (χ4n) is 2.88. The van der Waals surface area contributed by atoms with Gasteiger partial charge in [0.1, 0.15) is 6.04 Å². The van der Waals surface area contributed by atoms with Gasteiger partial charge in [-0.25, -0.2) is 0 Å². The molecule has 1 fully saturated rings. The van der Waals surface area contributed by atoms with Crippen LogP contribution in [-0.4, -0.2) is 61.5 Å². The third-order valence-corrected chi connectivity index (χ3v) is 4.58. The summed E-state index contributed by atoms with van der Waals surface area (Å²) in [6, 6.07) is 7.24. The van der Waals surface area contributed by atoms with E-state index in [0.29, 0.717) is 6.54 Å². The third kappa shape index (κ3) is 5.61. The molecule has 0 aromatic heterocycles. The van der Waals surface area contributed by atoms with E-state index < -0.39 is 6.04 Å². The molecule has 5 nitrogen and oxygen atoms in total. The molecule has 1 aromatic rings. The molecule has 0 spiro atoms. The zero-order chi connectivity index (χ0) is 16.7. The molecule has 1 aliphatic rings. The molecule has 1 aromatic carbocycles. The van der Waals surface area contributed by atoms with E-state index in [1.54, 1.807) is 0 Å². The second kappa shape index (κ2) is 9.01. The topological polar surface area (TPSA) is 61.6 Å². The normalized spacial score (nSPS) is 17.9. The maximum atomic E-state index is 12.1. The number of hydrogen-bond acceptors (Lipinski definition) is 4. The molecular formula is C18H30N4O. The Morgan fingerprint density at radius 2 is 1.78 bits per heavy atom. The van der Waals surface area contributed by atoms with Gasteiger partial charge in [0.2, 0.25) is 5.91 Å². The molecule has 1 unspecified atom stereocenters. The molecule has 128 valence electrons. The van der Waals surface area contributed by atoms with Gasteiger partial charge in [-0.2, -0.15) is 0 Å². The molecule has 1 heterocycles. The van der Waals surface area contributed by atoms with E-state index >= 15 is 0 Å². The van der Waals surface area contributed by atoms with Crippen LogP contribution in [0.2, 0.25) is 0 Å². The zero-order valence-corrected chi connectivity index (χ0v) is 14.4. The summed E-state index contributed by atoms with van der Waals surface area (Å²) in [5.74, 6) is -0.0929. The first-order chi connectivity index (χ1) is 11.1. The Labute approximate surface area is 139 Å². The van der Waals surface area contributed by atoms with Crippen molar-refractivity contribution in [1.29, 1.82) is 0 Å². The van der Waals surface area contributed by atoms with E-state index in [9.17, 15) is 4.79 Å². The molecule has 5 heteroatoms. The highest BCUT2D eigenvalue weighted by Crippen LogP contribution is 2.11. The van der Waals surface area contributed by atoms with E-state index in [-0.39, 0.29) is 5.91 Å². The summed E-state index contributed by atoms with van der Waals surface area (Å²) in [4.78, 5) is 17.0. The minimum Gasteiger partial charge on any atom is -0.354 e. The summed E-state index contributed by atoms with van der Waals surface area (Å²) in [7, 11) is 0. The van der Waals surface area contributed by atoms with Crippen LogP contribution in [0.15, 0.2) is 24.3 Å².